The predicted molar refractivity (Wildman–Crippen MR) is 109 cm³/mol. The van der Waals surface area contributed by atoms with E-state index in [1.54, 1.807) is 12.1 Å². The van der Waals surface area contributed by atoms with E-state index in [1.165, 1.54) is 23.4 Å². The molecule has 4 aliphatic heterocycles. The lowest BCUT2D eigenvalue weighted by atomic mass is 9.57. The van der Waals surface area contributed by atoms with Gasteiger partial charge in [-0.1, -0.05) is 26.0 Å². The highest BCUT2D eigenvalue weighted by Crippen LogP contribution is 2.60. The van der Waals surface area contributed by atoms with Gasteiger partial charge in [0.15, 0.2) is 11.8 Å². The van der Waals surface area contributed by atoms with Crippen molar-refractivity contribution in [3.05, 3.63) is 39.9 Å². The van der Waals surface area contributed by atoms with Crippen molar-refractivity contribution < 1.29 is 24.2 Å². The number of rotatable bonds is 3. The fraction of sp³-hybridized carbons (Fsp3) is 0.636. The van der Waals surface area contributed by atoms with Crippen molar-refractivity contribution in [3.8, 4) is 0 Å². The lowest BCUT2D eigenvalue weighted by Crippen LogP contribution is -2.74. The Labute approximate surface area is 180 Å². The first-order valence-electron chi connectivity index (χ1n) is 10.9. The number of amides is 1. The molecule has 1 amide bonds. The highest BCUT2D eigenvalue weighted by Gasteiger charge is 2.70. The highest BCUT2D eigenvalue weighted by molar-refractivity contribution is 5.85. The summed E-state index contributed by atoms with van der Waals surface area (Å²) < 4.78 is 6.39. The average molecular weight is 429 g/mol. The van der Waals surface area contributed by atoms with Crippen LogP contribution in [0.15, 0.2) is 29.4 Å². The third-order valence-electron chi connectivity index (χ3n) is 7.65. The van der Waals surface area contributed by atoms with E-state index < -0.39 is 22.5 Å². The first-order chi connectivity index (χ1) is 14.7. The number of nitro benzene ring substituents is 1. The van der Waals surface area contributed by atoms with Crippen LogP contribution in [0.2, 0.25) is 0 Å². The number of carbonyl (C=O) groups excluding carboxylic acids is 1. The maximum absolute atomic E-state index is 13.4. The van der Waals surface area contributed by atoms with Gasteiger partial charge >= 0.3 is 0 Å². The van der Waals surface area contributed by atoms with E-state index in [1.807, 2.05) is 13.8 Å². The first kappa shape index (κ1) is 20.5. The average Bonchev–Trinajstić information content (AvgIpc) is 2.98. The molecule has 166 valence electrons. The van der Waals surface area contributed by atoms with Gasteiger partial charge in [-0.2, -0.15) is 5.10 Å². The molecule has 31 heavy (non-hydrogen) atoms. The molecule has 2 bridgehead atoms. The van der Waals surface area contributed by atoms with Gasteiger partial charge in [-0.3, -0.25) is 14.9 Å². The summed E-state index contributed by atoms with van der Waals surface area (Å²) in [5.74, 6) is -0.796. The van der Waals surface area contributed by atoms with Crippen LogP contribution >= 0.6 is 0 Å². The number of hydrogen-bond acceptors (Lipinski definition) is 7. The van der Waals surface area contributed by atoms with Crippen molar-refractivity contribution in [3.63, 3.8) is 0 Å². The number of piperidine rings is 1. The molecule has 5 aliphatic rings. The zero-order valence-electron chi connectivity index (χ0n) is 17.9. The van der Waals surface area contributed by atoms with E-state index in [2.05, 4.69) is 12.0 Å². The molecule has 6 rings (SSSR count). The first-order valence-corrected chi connectivity index (χ1v) is 10.9. The Morgan fingerprint density at radius 1 is 1.23 bits per heavy atom. The summed E-state index contributed by atoms with van der Waals surface area (Å²) in [5.41, 5.74) is -0.276. The second kappa shape index (κ2) is 7.08. The van der Waals surface area contributed by atoms with Crippen LogP contribution in [0.3, 0.4) is 0 Å². The molecule has 5 fully saturated rings. The molecular formula is C22H27N3O6. The Bertz CT molecular complexity index is 953. The fourth-order valence-electron chi connectivity index (χ4n) is 6.00. The number of nitro groups is 1. The van der Waals surface area contributed by atoms with Crippen LogP contribution < -0.4 is 0 Å². The van der Waals surface area contributed by atoms with Crippen molar-refractivity contribution in [1.82, 2.24) is 5.01 Å². The predicted octanol–water partition coefficient (Wildman–Crippen LogP) is 3.62. The minimum absolute atomic E-state index is 0.0156. The van der Waals surface area contributed by atoms with Gasteiger partial charge in [0.2, 0.25) is 11.7 Å². The molecular weight excluding hydrogens is 402 g/mol. The molecule has 1 spiro atoms. The SMILES string of the molecule is C[C@@H]1CC[C@H]2[C@@H](C)C(=O)N(/N=C/c3cccc([N+](=O)[O-])c3)[C@@H]3O[C@@]4(C)CC[C@@H]1[C@@]23OO4. The molecule has 4 saturated heterocycles. The summed E-state index contributed by atoms with van der Waals surface area (Å²) in [6.07, 6.45) is 4.25. The molecule has 4 heterocycles. The molecule has 7 atom stereocenters. The minimum Gasteiger partial charge on any atom is -0.319 e. The molecule has 0 aromatic heterocycles. The van der Waals surface area contributed by atoms with Gasteiger partial charge < -0.3 is 4.74 Å². The number of nitrogens with zero attached hydrogens (tertiary/aromatic N) is 3. The smallest absolute Gasteiger partial charge is 0.270 e. The van der Waals surface area contributed by atoms with E-state index in [4.69, 9.17) is 14.5 Å². The van der Waals surface area contributed by atoms with Crippen LogP contribution in [0.4, 0.5) is 5.69 Å². The molecule has 1 saturated carbocycles. The van der Waals surface area contributed by atoms with Crippen LogP contribution in [0.5, 0.6) is 0 Å². The molecule has 1 aromatic rings. The van der Waals surface area contributed by atoms with Crippen LogP contribution in [0.25, 0.3) is 0 Å². The summed E-state index contributed by atoms with van der Waals surface area (Å²) in [7, 11) is 0. The summed E-state index contributed by atoms with van der Waals surface area (Å²) >= 11 is 0. The van der Waals surface area contributed by atoms with Crippen LogP contribution in [0.1, 0.15) is 52.0 Å². The molecule has 0 radical (unpaired) electrons. The van der Waals surface area contributed by atoms with E-state index >= 15 is 0 Å². The summed E-state index contributed by atoms with van der Waals surface area (Å²) in [6.45, 7) is 5.99. The van der Waals surface area contributed by atoms with Gasteiger partial charge in [-0.05, 0) is 38.0 Å². The number of hydrazone groups is 1. The quantitative estimate of drug-likeness (QED) is 0.315. The number of carbonyl (C=O) groups is 1. The van der Waals surface area contributed by atoms with Crippen molar-refractivity contribution in [2.24, 2.45) is 28.8 Å². The van der Waals surface area contributed by atoms with Gasteiger partial charge in [-0.25, -0.2) is 14.8 Å². The Balaban J connectivity index is 1.56. The topological polar surface area (TPSA) is 104 Å². The maximum atomic E-state index is 13.4. The van der Waals surface area contributed by atoms with Gasteiger partial charge in [-0.15, -0.1) is 0 Å². The summed E-state index contributed by atoms with van der Waals surface area (Å²) in [4.78, 5) is 36.0. The Morgan fingerprint density at radius 3 is 2.81 bits per heavy atom. The van der Waals surface area contributed by atoms with Crippen molar-refractivity contribution in [2.75, 3.05) is 0 Å². The Kier molecular flexibility index (Phi) is 4.69. The van der Waals surface area contributed by atoms with E-state index in [0.29, 0.717) is 17.9 Å². The fourth-order valence-corrected chi connectivity index (χ4v) is 6.00. The molecule has 9 nitrogen and oxygen atoms in total. The summed E-state index contributed by atoms with van der Waals surface area (Å²) in [6, 6.07) is 6.15. The number of ether oxygens (including phenoxy) is 1. The van der Waals surface area contributed by atoms with E-state index in [-0.39, 0.29) is 29.3 Å². The lowest BCUT2D eigenvalue weighted by molar-refractivity contribution is -0.547. The second-order valence-electron chi connectivity index (χ2n) is 9.50. The van der Waals surface area contributed by atoms with E-state index in [0.717, 1.165) is 19.3 Å². The van der Waals surface area contributed by atoms with Crippen LogP contribution in [-0.4, -0.2) is 39.7 Å². The van der Waals surface area contributed by atoms with E-state index in [9.17, 15) is 14.9 Å². The van der Waals surface area contributed by atoms with Crippen molar-refractivity contribution >= 4 is 17.8 Å². The van der Waals surface area contributed by atoms with Gasteiger partial charge in [0.05, 0.1) is 11.1 Å². The van der Waals surface area contributed by atoms with Crippen molar-refractivity contribution in [2.45, 2.75) is 64.1 Å². The number of non-ortho nitro benzene ring substituents is 1. The molecule has 0 N–H and O–H groups in total. The van der Waals surface area contributed by atoms with Gasteiger partial charge in [0.1, 0.15) is 0 Å². The molecule has 1 aromatic carbocycles. The van der Waals surface area contributed by atoms with Crippen LogP contribution in [0, 0.1) is 33.8 Å². The highest BCUT2D eigenvalue weighted by atomic mass is 17.3. The van der Waals surface area contributed by atoms with Gasteiger partial charge in [0, 0.05) is 36.0 Å². The third-order valence-corrected chi connectivity index (χ3v) is 7.65. The zero-order valence-corrected chi connectivity index (χ0v) is 17.9. The monoisotopic (exact) mass is 429 g/mol. The summed E-state index contributed by atoms with van der Waals surface area (Å²) in [5, 5.41) is 17.0. The largest absolute Gasteiger partial charge is 0.319 e. The number of fused-ring (bicyclic) bond motifs is 2. The third kappa shape index (κ3) is 3.01. The maximum Gasteiger partial charge on any atom is 0.270 e. The molecule has 1 aliphatic carbocycles. The van der Waals surface area contributed by atoms with Crippen molar-refractivity contribution in [1.29, 1.82) is 0 Å². The zero-order chi connectivity index (χ0) is 22.0. The number of hydrogen-bond donors (Lipinski definition) is 0. The van der Waals surface area contributed by atoms with Gasteiger partial charge in [0.25, 0.3) is 5.69 Å². The second-order valence-corrected chi connectivity index (χ2v) is 9.50. The normalized spacial score (nSPS) is 41.8. The molecule has 0 unspecified atom stereocenters. The Morgan fingerprint density at radius 2 is 2.03 bits per heavy atom. The minimum atomic E-state index is -0.947. The standard InChI is InChI=1S/C22H27N3O6/c1-13-7-8-18-14(2)19(26)24(23-12-15-5-4-6-16(11-15)25(27)28)20-22(18)17(13)9-10-21(3,29-20)30-31-22/h4-6,11-14,17-18,20H,7-10H2,1-3H3/b23-12+/t13-,14-,17+,18+,20-,21-,22-/m1/s1. The Hall–Kier alpha value is -2.36. The lowest BCUT2D eigenvalue weighted by Gasteiger charge is -2.60. The number of benzene rings is 1. The van der Waals surface area contributed by atoms with Crippen LogP contribution in [-0.2, 0) is 19.3 Å². The molecule has 9 heteroatoms.